The van der Waals surface area contributed by atoms with Crippen LogP contribution in [-0.4, -0.2) is 24.5 Å². The number of nitrogens with one attached hydrogen (secondary N) is 2. The van der Waals surface area contributed by atoms with E-state index in [2.05, 4.69) is 10.3 Å². The molecule has 26 heavy (non-hydrogen) atoms. The first-order valence-electron chi connectivity index (χ1n) is 8.57. The molecule has 2 N–H and O–H groups in total. The summed E-state index contributed by atoms with van der Waals surface area (Å²) in [6.07, 6.45) is 1.09. The van der Waals surface area contributed by atoms with Crippen LogP contribution in [0.4, 0.5) is 0 Å². The Morgan fingerprint density at radius 3 is 2.54 bits per heavy atom. The van der Waals surface area contributed by atoms with Gasteiger partial charge < -0.3 is 15.0 Å². The Morgan fingerprint density at radius 1 is 1.08 bits per heavy atom. The van der Waals surface area contributed by atoms with Crippen LogP contribution in [0.3, 0.4) is 0 Å². The van der Waals surface area contributed by atoms with Crippen molar-refractivity contribution in [1.82, 2.24) is 10.3 Å². The Hall–Kier alpha value is -3.08. The lowest BCUT2D eigenvalue weighted by Gasteiger charge is -2.07. The van der Waals surface area contributed by atoms with Gasteiger partial charge in [0.1, 0.15) is 5.75 Å². The second kappa shape index (κ2) is 7.87. The molecule has 0 saturated heterocycles. The van der Waals surface area contributed by atoms with Gasteiger partial charge >= 0.3 is 0 Å². The summed E-state index contributed by atoms with van der Waals surface area (Å²) in [6, 6.07) is 15.3. The molecule has 5 heteroatoms. The molecule has 3 rings (SSSR count). The van der Waals surface area contributed by atoms with Crippen molar-refractivity contribution in [2.45, 2.75) is 19.8 Å². The first kappa shape index (κ1) is 17.7. The maximum Gasteiger partial charge on any atom is 0.251 e. The Labute approximate surface area is 152 Å². The average molecular weight is 350 g/mol. The topological polar surface area (TPSA) is 71.2 Å². The van der Waals surface area contributed by atoms with Crippen LogP contribution in [-0.2, 0) is 17.6 Å². The summed E-state index contributed by atoms with van der Waals surface area (Å²) in [4.78, 5) is 26.6. The predicted octanol–water partition coefficient (Wildman–Crippen LogP) is 2.75. The maximum atomic E-state index is 12.1. The van der Waals surface area contributed by atoms with Gasteiger partial charge in [-0.1, -0.05) is 18.2 Å². The maximum absolute atomic E-state index is 12.1. The predicted molar refractivity (Wildman–Crippen MR) is 103 cm³/mol. The number of aryl methyl sites for hydroxylation is 1. The van der Waals surface area contributed by atoms with E-state index in [1.165, 1.54) is 0 Å². The Balaban J connectivity index is 1.55. The molecule has 0 aliphatic carbocycles. The lowest BCUT2D eigenvalue weighted by Crippen LogP contribution is -2.27. The molecule has 0 spiro atoms. The monoisotopic (exact) mass is 350 g/mol. The Bertz CT molecular complexity index is 975. The summed E-state index contributed by atoms with van der Waals surface area (Å²) in [7, 11) is 1.62. The number of carbonyl (C=O) groups is 1. The fourth-order valence-corrected chi connectivity index (χ4v) is 2.86. The third kappa shape index (κ3) is 4.30. The molecule has 1 aromatic heterocycles. The minimum atomic E-state index is -0.0592. The van der Waals surface area contributed by atoms with Crippen LogP contribution in [0.2, 0.25) is 0 Å². The number of fused-ring (bicyclic) bond motifs is 1. The fraction of sp³-hybridized carbons (Fsp3) is 0.238. The highest BCUT2D eigenvalue weighted by atomic mass is 16.5. The van der Waals surface area contributed by atoms with E-state index < -0.39 is 0 Å². The van der Waals surface area contributed by atoms with Gasteiger partial charge in [0.05, 0.1) is 13.5 Å². The fourth-order valence-electron chi connectivity index (χ4n) is 2.86. The average Bonchev–Trinajstić information content (AvgIpc) is 2.63. The van der Waals surface area contributed by atoms with Gasteiger partial charge in [-0.15, -0.1) is 0 Å². The summed E-state index contributed by atoms with van der Waals surface area (Å²) in [5, 5.41) is 3.95. The summed E-state index contributed by atoms with van der Waals surface area (Å²) in [5.41, 5.74) is 3.54. The van der Waals surface area contributed by atoms with Gasteiger partial charge in [-0.25, -0.2) is 0 Å². The lowest BCUT2D eigenvalue weighted by atomic mass is 10.1. The van der Waals surface area contributed by atoms with Gasteiger partial charge in [0.2, 0.25) is 5.91 Å². The van der Waals surface area contributed by atoms with Crippen molar-refractivity contribution in [3.05, 3.63) is 75.6 Å². The minimum Gasteiger partial charge on any atom is -0.497 e. The quantitative estimate of drug-likeness (QED) is 0.718. The van der Waals surface area contributed by atoms with E-state index in [1.807, 2.05) is 48.5 Å². The van der Waals surface area contributed by atoms with Crippen LogP contribution in [0.25, 0.3) is 10.9 Å². The zero-order valence-corrected chi connectivity index (χ0v) is 15.0. The van der Waals surface area contributed by atoms with Crippen LogP contribution in [0.15, 0.2) is 53.3 Å². The molecule has 0 bridgehead atoms. The molecule has 0 aliphatic rings. The number of aromatic nitrogens is 1. The van der Waals surface area contributed by atoms with Crippen LogP contribution in [0.5, 0.6) is 5.75 Å². The second-order valence-electron chi connectivity index (χ2n) is 6.33. The largest absolute Gasteiger partial charge is 0.497 e. The van der Waals surface area contributed by atoms with Crippen molar-refractivity contribution in [2.24, 2.45) is 0 Å². The molecule has 2 aromatic carbocycles. The third-order valence-electron chi connectivity index (χ3n) is 4.35. The van der Waals surface area contributed by atoms with Crippen LogP contribution < -0.4 is 15.6 Å². The minimum absolute atomic E-state index is 0.00358. The number of methoxy groups -OCH3 is 1. The number of aromatic amines is 1. The van der Waals surface area contributed by atoms with E-state index in [4.69, 9.17) is 4.74 Å². The van der Waals surface area contributed by atoms with Gasteiger partial charge in [0.25, 0.3) is 5.56 Å². The third-order valence-corrected chi connectivity index (χ3v) is 4.35. The SMILES string of the molecule is COc1ccc(CC(=O)NCCc2ccc3[nH]c(=O)c(C)cc3c2)cc1. The van der Waals surface area contributed by atoms with E-state index in [0.717, 1.165) is 34.2 Å². The molecular weight excluding hydrogens is 328 g/mol. The van der Waals surface area contributed by atoms with E-state index in [9.17, 15) is 9.59 Å². The number of amides is 1. The molecule has 134 valence electrons. The molecular formula is C21H22N2O3. The van der Waals surface area contributed by atoms with Crippen molar-refractivity contribution in [3.63, 3.8) is 0 Å². The number of benzene rings is 2. The highest BCUT2D eigenvalue weighted by Crippen LogP contribution is 2.14. The van der Waals surface area contributed by atoms with E-state index in [1.54, 1.807) is 14.0 Å². The van der Waals surface area contributed by atoms with Gasteiger partial charge in [0.15, 0.2) is 0 Å². The standard InChI is InChI=1S/C21H22N2O3/c1-14-11-17-12-16(5-8-19(17)23-21(14)25)9-10-22-20(24)13-15-3-6-18(26-2)7-4-15/h3-8,11-12H,9-10,13H2,1-2H3,(H,22,24)(H,23,25). The number of carbonyl (C=O) groups excluding carboxylic acids is 1. The number of rotatable bonds is 6. The van der Waals surface area contributed by atoms with Crippen molar-refractivity contribution < 1.29 is 9.53 Å². The molecule has 0 radical (unpaired) electrons. The Kier molecular flexibility index (Phi) is 5.37. The lowest BCUT2D eigenvalue weighted by molar-refractivity contribution is -0.120. The Morgan fingerprint density at radius 2 is 1.81 bits per heavy atom. The number of hydrogen-bond acceptors (Lipinski definition) is 3. The van der Waals surface area contributed by atoms with Crippen molar-refractivity contribution in [2.75, 3.05) is 13.7 Å². The molecule has 1 heterocycles. The molecule has 0 aliphatic heterocycles. The van der Waals surface area contributed by atoms with Crippen LogP contribution in [0, 0.1) is 6.92 Å². The highest BCUT2D eigenvalue weighted by Gasteiger charge is 2.05. The van der Waals surface area contributed by atoms with Crippen molar-refractivity contribution in [3.8, 4) is 5.75 Å². The molecule has 0 atom stereocenters. The van der Waals surface area contributed by atoms with E-state index in [-0.39, 0.29) is 11.5 Å². The number of hydrogen-bond donors (Lipinski definition) is 2. The first-order valence-corrected chi connectivity index (χ1v) is 8.57. The van der Waals surface area contributed by atoms with Crippen molar-refractivity contribution in [1.29, 1.82) is 0 Å². The normalized spacial score (nSPS) is 10.7. The van der Waals surface area contributed by atoms with E-state index >= 15 is 0 Å². The zero-order valence-electron chi connectivity index (χ0n) is 15.0. The smallest absolute Gasteiger partial charge is 0.251 e. The number of H-pyrrole nitrogens is 1. The summed E-state index contributed by atoms with van der Waals surface area (Å²) < 4.78 is 5.11. The van der Waals surface area contributed by atoms with Gasteiger partial charge in [-0.3, -0.25) is 9.59 Å². The molecule has 1 amide bonds. The van der Waals surface area contributed by atoms with Crippen LogP contribution >= 0.6 is 0 Å². The van der Waals surface area contributed by atoms with E-state index in [0.29, 0.717) is 18.5 Å². The zero-order chi connectivity index (χ0) is 18.5. The summed E-state index contributed by atoms with van der Waals surface area (Å²) >= 11 is 0. The van der Waals surface area contributed by atoms with Gasteiger partial charge in [0, 0.05) is 17.6 Å². The van der Waals surface area contributed by atoms with Gasteiger partial charge in [-0.05, 0) is 60.2 Å². The number of ether oxygens (including phenoxy) is 1. The van der Waals surface area contributed by atoms with Gasteiger partial charge in [-0.2, -0.15) is 0 Å². The van der Waals surface area contributed by atoms with Crippen LogP contribution in [0.1, 0.15) is 16.7 Å². The molecule has 0 fully saturated rings. The van der Waals surface area contributed by atoms with Crippen molar-refractivity contribution >= 4 is 16.8 Å². The second-order valence-corrected chi connectivity index (χ2v) is 6.33. The summed E-state index contributed by atoms with van der Waals surface area (Å²) in [5.74, 6) is 0.776. The molecule has 0 saturated carbocycles. The molecule has 5 nitrogen and oxygen atoms in total. The number of pyridine rings is 1. The molecule has 3 aromatic rings. The first-order chi connectivity index (χ1) is 12.5. The highest BCUT2D eigenvalue weighted by molar-refractivity contribution is 5.80. The molecule has 0 unspecified atom stereocenters. The summed E-state index contributed by atoms with van der Waals surface area (Å²) in [6.45, 7) is 2.37.